The maximum atomic E-state index is 13.1. The van der Waals surface area contributed by atoms with Crippen LogP contribution in [0.5, 0.6) is 11.6 Å². The second-order valence-electron chi connectivity index (χ2n) is 10.1. The molecule has 7 heteroatoms. The molecule has 34 heavy (non-hydrogen) atoms. The Labute approximate surface area is 199 Å². The SMILES string of the molecule is CC(C)(C)c1ncc([C@@H]2[C@@H](C(=O)OC(C#N)c3cccc(Oc4ccccc4)n3)C2(C)C)cn1. The predicted molar refractivity (Wildman–Crippen MR) is 126 cm³/mol. The van der Waals surface area contributed by atoms with E-state index in [1.807, 2.05) is 50.2 Å². The van der Waals surface area contributed by atoms with Crippen LogP contribution in [0.25, 0.3) is 0 Å². The van der Waals surface area contributed by atoms with E-state index in [9.17, 15) is 10.1 Å². The summed E-state index contributed by atoms with van der Waals surface area (Å²) in [6.07, 6.45) is 2.45. The van der Waals surface area contributed by atoms with Crippen molar-refractivity contribution in [2.45, 2.75) is 52.1 Å². The summed E-state index contributed by atoms with van der Waals surface area (Å²) in [5.74, 6) is 0.797. The standard InChI is InChI=1S/C27H28N4O3/c1-26(2,3)25-29-15-17(16-30-25)22-23(27(22,4)5)24(32)34-20(14-28)19-12-9-13-21(31-19)33-18-10-7-6-8-11-18/h6-13,15-16,20,22-23H,1-5H3/t20?,22-,23+/m1/s1. The summed E-state index contributed by atoms with van der Waals surface area (Å²) >= 11 is 0. The number of rotatable bonds is 6. The third-order valence-electron chi connectivity index (χ3n) is 6.11. The lowest BCUT2D eigenvalue weighted by Gasteiger charge is -2.16. The summed E-state index contributed by atoms with van der Waals surface area (Å²) < 4.78 is 11.4. The molecule has 1 aromatic carbocycles. The maximum absolute atomic E-state index is 13.1. The van der Waals surface area contributed by atoms with Crippen molar-refractivity contribution in [3.8, 4) is 17.7 Å². The van der Waals surface area contributed by atoms with Crippen LogP contribution in [0.1, 0.15) is 63.7 Å². The Kier molecular flexibility index (Phi) is 6.09. The molecular formula is C27H28N4O3. The lowest BCUT2D eigenvalue weighted by atomic mass is 9.95. The highest BCUT2D eigenvalue weighted by molar-refractivity contribution is 5.80. The number of carbonyl (C=O) groups excluding carboxylic acids is 1. The zero-order valence-electron chi connectivity index (χ0n) is 20.0. The lowest BCUT2D eigenvalue weighted by molar-refractivity contribution is -0.149. The van der Waals surface area contributed by atoms with Crippen molar-refractivity contribution in [1.29, 1.82) is 5.26 Å². The Morgan fingerprint density at radius 2 is 1.74 bits per heavy atom. The van der Waals surface area contributed by atoms with Crippen LogP contribution in [0, 0.1) is 22.7 Å². The molecule has 0 aliphatic heterocycles. The number of nitriles is 1. The first kappa shape index (κ1) is 23.4. The van der Waals surface area contributed by atoms with Crippen LogP contribution in [0.3, 0.4) is 0 Å². The van der Waals surface area contributed by atoms with E-state index in [1.165, 1.54) is 0 Å². The number of esters is 1. The fourth-order valence-corrected chi connectivity index (χ4v) is 4.17. The Balaban J connectivity index is 1.47. The van der Waals surface area contributed by atoms with Gasteiger partial charge in [0.2, 0.25) is 12.0 Å². The molecule has 2 heterocycles. The van der Waals surface area contributed by atoms with E-state index < -0.39 is 18.0 Å². The third-order valence-corrected chi connectivity index (χ3v) is 6.11. The maximum Gasteiger partial charge on any atom is 0.311 e. The molecule has 174 valence electrons. The van der Waals surface area contributed by atoms with Crippen molar-refractivity contribution in [3.63, 3.8) is 0 Å². The Hall–Kier alpha value is -3.79. The van der Waals surface area contributed by atoms with Crippen molar-refractivity contribution >= 4 is 5.97 Å². The molecule has 0 radical (unpaired) electrons. The molecule has 0 bridgehead atoms. The molecule has 0 N–H and O–H groups in total. The van der Waals surface area contributed by atoms with E-state index in [-0.39, 0.29) is 16.7 Å². The first-order valence-electron chi connectivity index (χ1n) is 11.2. The normalized spacial score (nSPS) is 19.5. The number of carbonyl (C=O) groups is 1. The fraction of sp³-hybridized carbons (Fsp3) is 0.370. The van der Waals surface area contributed by atoms with Gasteiger partial charge in [0.05, 0.1) is 11.6 Å². The number of benzene rings is 1. The molecule has 0 amide bonds. The molecule has 2 aromatic heterocycles. The summed E-state index contributed by atoms with van der Waals surface area (Å²) in [5.41, 5.74) is 0.735. The van der Waals surface area contributed by atoms with Gasteiger partial charge < -0.3 is 9.47 Å². The highest BCUT2D eigenvalue weighted by Gasteiger charge is 2.63. The minimum absolute atomic E-state index is 0.0749. The first-order valence-corrected chi connectivity index (χ1v) is 11.2. The quantitative estimate of drug-likeness (QED) is 0.451. The van der Waals surface area contributed by atoms with E-state index in [2.05, 4.69) is 35.7 Å². The Bertz CT molecular complexity index is 1210. The molecule has 1 aliphatic carbocycles. The van der Waals surface area contributed by atoms with Crippen LogP contribution in [-0.4, -0.2) is 20.9 Å². The van der Waals surface area contributed by atoms with Gasteiger partial charge in [-0.3, -0.25) is 4.79 Å². The summed E-state index contributed by atoms with van der Waals surface area (Å²) in [4.78, 5) is 26.5. The third kappa shape index (κ3) is 4.76. The van der Waals surface area contributed by atoms with E-state index in [0.29, 0.717) is 17.3 Å². The predicted octanol–water partition coefficient (Wildman–Crippen LogP) is 5.51. The molecule has 7 nitrogen and oxygen atoms in total. The molecule has 3 aromatic rings. The van der Waals surface area contributed by atoms with Gasteiger partial charge in [0, 0.05) is 29.8 Å². The van der Waals surface area contributed by atoms with Crippen LogP contribution < -0.4 is 4.74 Å². The van der Waals surface area contributed by atoms with Crippen LogP contribution in [0.2, 0.25) is 0 Å². The minimum atomic E-state index is -1.14. The van der Waals surface area contributed by atoms with Gasteiger partial charge in [-0.05, 0) is 29.2 Å². The average molecular weight is 457 g/mol. The molecule has 1 unspecified atom stereocenters. The second-order valence-corrected chi connectivity index (χ2v) is 10.1. The van der Waals surface area contributed by atoms with Crippen LogP contribution >= 0.6 is 0 Å². The number of aromatic nitrogens is 3. The molecule has 1 saturated carbocycles. The van der Waals surface area contributed by atoms with Gasteiger partial charge in [-0.1, -0.05) is 58.9 Å². The number of pyridine rings is 1. The highest BCUT2D eigenvalue weighted by Crippen LogP contribution is 2.64. The second kappa shape index (κ2) is 8.86. The zero-order chi connectivity index (χ0) is 24.5. The van der Waals surface area contributed by atoms with Gasteiger partial charge in [-0.25, -0.2) is 15.0 Å². The van der Waals surface area contributed by atoms with Gasteiger partial charge in [-0.2, -0.15) is 5.26 Å². The fourth-order valence-electron chi connectivity index (χ4n) is 4.17. The summed E-state index contributed by atoms with van der Waals surface area (Å²) in [6, 6.07) is 16.3. The number of hydrogen-bond acceptors (Lipinski definition) is 7. The highest BCUT2D eigenvalue weighted by atomic mass is 16.5. The number of ether oxygens (including phenoxy) is 2. The molecule has 1 aliphatic rings. The monoisotopic (exact) mass is 456 g/mol. The van der Waals surface area contributed by atoms with E-state index >= 15 is 0 Å². The minimum Gasteiger partial charge on any atom is -0.440 e. The van der Waals surface area contributed by atoms with Crippen molar-refractivity contribution < 1.29 is 14.3 Å². The van der Waals surface area contributed by atoms with E-state index in [0.717, 1.165) is 11.4 Å². The molecule has 0 spiro atoms. The van der Waals surface area contributed by atoms with E-state index in [1.54, 1.807) is 30.6 Å². The smallest absolute Gasteiger partial charge is 0.311 e. The first-order chi connectivity index (χ1) is 16.1. The number of para-hydroxylation sites is 1. The zero-order valence-corrected chi connectivity index (χ0v) is 20.0. The van der Waals surface area contributed by atoms with Crippen molar-refractivity contribution in [2.24, 2.45) is 11.3 Å². The number of hydrogen-bond donors (Lipinski definition) is 0. The van der Waals surface area contributed by atoms with Crippen molar-refractivity contribution in [1.82, 2.24) is 15.0 Å². The summed E-state index contributed by atoms with van der Waals surface area (Å²) in [6.45, 7) is 10.2. The van der Waals surface area contributed by atoms with Gasteiger partial charge in [-0.15, -0.1) is 0 Å². The molecule has 0 saturated heterocycles. The van der Waals surface area contributed by atoms with E-state index in [4.69, 9.17) is 9.47 Å². The van der Waals surface area contributed by atoms with Gasteiger partial charge in [0.15, 0.2) is 0 Å². The summed E-state index contributed by atoms with van der Waals surface area (Å²) in [5, 5.41) is 9.70. The topological polar surface area (TPSA) is 98.0 Å². The lowest BCUT2D eigenvalue weighted by Crippen LogP contribution is -2.16. The van der Waals surface area contributed by atoms with Crippen molar-refractivity contribution in [3.05, 3.63) is 78.0 Å². The van der Waals surface area contributed by atoms with Crippen LogP contribution in [0.15, 0.2) is 60.9 Å². The summed E-state index contributed by atoms with van der Waals surface area (Å²) in [7, 11) is 0. The van der Waals surface area contributed by atoms with Gasteiger partial charge >= 0.3 is 5.97 Å². The Morgan fingerprint density at radius 1 is 1.06 bits per heavy atom. The molecule has 3 atom stereocenters. The van der Waals surface area contributed by atoms with Crippen LogP contribution in [-0.2, 0) is 14.9 Å². The molecular weight excluding hydrogens is 428 g/mol. The molecule has 4 rings (SSSR count). The molecule has 1 fully saturated rings. The van der Waals surface area contributed by atoms with Gasteiger partial charge in [0.25, 0.3) is 0 Å². The Morgan fingerprint density at radius 3 is 2.35 bits per heavy atom. The van der Waals surface area contributed by atoms with Crippen LogP contribution in [0.4, 0.5) is 0 Å². The largest absolute Gasteiger partial charge is 0.440 e. The average Bonchev–Trinajstić information content (AvgIpc) is 3.39. The van der Waals surface area contributed by atoms with Crippen molar-refractivity contribution in [2.75, 3.05) is 0 Å². The van der Waals surface area contributed by atoms with Gasteiger partial charge in [0.1, 0.15) is 17.6 Å². The number of nitrogens with zero attached hydrogens (tertiary/aromatic N) is 4.